The van der Waals surface area contributed by atoms with E-state index < -0.39 is 0 Å². The summed E-state index contributed by atoms with van der Waals surface area (Å²) in [5, 5.41) is 8.16. The lowest BCUT2D eigenvalue weighted by Crippen LogP contribution is -2.48. The molecule has 2 saturated carbocycles. The Labute approximate surface area is 83.5 Å². The van der Waals surface area contributed by atoms with E-state index in [1.165, 1.54) is 19.3 Å². The van der Waals surface area contributed by atoms with E-state index in [0.29, 0.717) is 6.04 Å². The minimum absolute atomic E-state index is 0.0275. The Balaban J connectivity index is 1.78. The zero-order valence-corrected chi connectivity index (χ0v) is 8.32. The summed E-state index contributed by atoms with van der Waals surface area (Å²) in [5.74, 6) is 1.09. The topological polar surface area (TPSA) is 56.7 Å². The van der Waals surface area contributed by atoms with Crippen molar-refractivity contribution in [2.45, 2.75) is 50.1 Å². The highest BCUT2D eigenvalue weighted by molar-refractivity contribution is 5.04. The van der Waals surface area contributed by atoms with Crippen molar-refractivity contribution < 1.29 is 0 Å². The van der Waals surface area contributed by atoms with Crippen molar-refractivity contribution in [1.29, 1.82) is 0 Å². The molecule has 1 heterocycles. The van der Waals surface area contributed by atoms with Gasteiger partial charge in [-0.15, -0.1) is 10.2 Å². The van der Waals surface area contributed by atoms with Crippen LogP contribution in [0.5, 0.6) is 0 Å². The molecule has 4 heteroatoms. The van der Waals surface area contributed by atoms with Crippen LogP contribution in [-0.2, 0) is 6.42 Å². The molecule has 0 aliphatic heterocycles. The minimum Gasteiger partial charge on any atom is -0.325 e. The largest absolute Gasteiger partial charge is 0.325 e. The molecule has 2 N–H and O–H groups in total. The molecular weight excluding hydrogens is 176 g/mol. The Kier molecular flexibility index (Phi) is 1.68. The first-order chi connectivity index (χ1) is 6.77. The smallest absolute Gasteiger partial charge is 0.134 e. The van der Waals surface area contributed by atoms with Crippen molar-refractivity contribution in [3.05, 3.63) is 12.2 Å². The van der Waals surface area contributed by atoms with Crippen molar-refractivity contribution in [3.63, 3.8) is 0 Å². The molecule has 2 aliphatic carbocycles. The fourth-order valence-corrected chi connectivity index (χ4v) is 2.17. The Morgan fingerprint density at radius 3 is 2.86 bits per heavy atom. The minimum atomic E-state index is 0.0275. The second kappa shape index (κ2) is 2.79. The van der Waals surface area contributed by atoms with Crippen LogP contribution in [0.4, 0.5) is 0 Å². The Morgan fingerprint density at radius 2 is 2.29 bits per heavy atom. The number of aromatic nitrogens is 3. The Bertz CT molecular complexity index is 336. The zero-order chi connectivity index (χ0) is 9.60. The molecule has 1 aromatic heterocycles. The predicted octanol–water partition coefficient (Wildman–Crippen LogP) is 1.04. The lowest BCUT2D eigenvalue weighted by atomic mass is 9.75. The lowest BCUT2D eigenvalue weighted by molar-refractivity contribution is 0.240. The molecule has 2 fully saturated rings. The molecule has 0 spiro atoms. The van der Waals surface area contributed by atoms with Crippen LogP contribution in [0.3, 0.4) is 0 Å². The van der Waals surface area contributed by atoms with Crippen molar-refractivity contribution in [2.24, 2.45) is 5.73 Å². The predicted molar refractivity (Wildman–Crippen MR) is 52.8 cm³/mol. The first-order valence-corrected chi connectivity index (χ1v) is 5.44. The molecule has 3 rings (SSSR count). The fourth-order valence-electron chi connectivity index (χ4n) is 2.17. The molecule has 0 radical (unpaired) electrons. The monoisotopic (exact) mass is 192 g/mol. The summed E-state index contributed by atoms with van der Waals surface area (Å²) >= 11 is 0. The summed E-state index contributed by atoms with van der Waals surface area (Å²) < 4.78 is 2.22. The van der Waals surface area contributed by atoms with Crippen molar-refractivity contribution in [2.75, 3.05) is 0 Å². The molecule has 2 aliphatic rings. The van der Waals surface area contributed by atoms with Gasteiger partial charge in [0.2, 0.25) is 0 Å². The fraction of sp³-hybridized carbons (Fsp3) is 0.800. The van der Waals surface area contributed by atoms with E-state index in [0.717, 1.165) is 25.1 Å². The van der Waals surface area contributed by atoms with Crippen molar-refractivity contribution in [1.82, 2.24) is 14.8 Å². The van der Waals surface area contributed by atoms with E-state index in [1.54, 1.807) is 0 Å². The average molecular weight is 192 g/mol. The van der Waals surface area contributed by atoms with E-state index in [1.807, 2.05) is 6.33 Å². The van der Waals surface area contributed by atoms with Gasteiger partial charge >= 0.3 is 0 Å². The van der Waals surface area contributed by atoms with E-state index in [4.69, 9.17) is 5.73 Å². The maximum atomic E-state index is 6.20. The van der Waals surface area contributed by atoms with E-state index in [2.05, 4.69) is 14.8 Å². The van der Waals surface area contributed by atoms with Crippen LogP contribution in [-0.4, -0.2) is 20.3 Å². The molecule has 0 atom stereocenters. The summed E-state index contributed by atoms with van der Waals surface area (Å²) in [4.78, 5) is 0. The quantitative estimate of drug-likeness (QED) is 0.778. The third-order valence-electron chi connectivity index (χ3n) is 3.45. The van der Waals surface area contributed by atoms with Crippen LogP contribution in [0.15, 0.2) is 6.33 Å². The summed E-state index contributed by atoms with van der Waals surface area (Å²) in [6.45, 7) is 0. The highest BCUT2D eigenvalue weighted by atomic mass is 15.3. The SMILES string of the molecule is NC1(Cc2nncn2C2CC2)CCC1. The van der Waals surface area contributed by atoms with E-state index >= 15 is 0 Å². The summed E-state index contributed by atoms with van der Waals surface area (Å²) in [5.41, 5.74) is 6.23. The average Bonchev–Trinajstić information content (AvgIpc) is 2.86. The van der Waals surface area contributed by atoms with E-state index in [-0.39, 0.29) is 5.54 Å². The van der Waals surface area contributed by atoms with Gasteiger partial charge in [-0.3, -0.25) is 0 Å². The van der Waals surface area contributed by atoms with Gasteiger partial charge in [-0.25, -0.2) is 0 Å². The van der Waals surface area contributed by atoms with Gasteiger partial charge in [0, 0.05) is 18.0 Å². The molecule has 0 saturated heterocycles. The molecule has 0 amide bonds. The molecule has 0 bridgehead atoms. The van der Waals surface area contributed by atoms with Crippen LogP contribution in [0.2, 0.25) is 0 Å². The van der Waals surface area contributed by atoms with E-state index in [9.17, 15) is 0 Å². The highest BCUT2D eigenvalue weighted by Crippen LogP contribution is 2.37. The maximum Gasteiger partial charge on any atom is 0.134 e. The van der Waals surface area contributed by atoms with Gasteiger partial charge in [-0.1, -0.05) is 0 Å². The third kappa shape index (κ3) is 1.34. The van der Waals surface area contributed by atoms with Gasteiger partial charge in [-0.05, 0) is 32.1 Å². The summed E-state index contributed by atoms with van der Waals surface area (Å²) in [6.07, 6.45) is 8.88. The van der Waals surface area contributed by atoms with Crippen LogP contribution < -0.4 is 5.73 Å². The van der Waals surface area contributed by atoms with Crippen LogP contribution >= 0.6 is 0 Å². The highest BCUT2D eigenvalue weighted by Gasteiger charge is 2.35. The molecular formula is C10H16N4. The number of rotatable bonds is 3. The molecule has 14 heavy (non-hydrogen) atoms. The third-order valence-corrected chi connectivity index (χ3v) is 3.45. The van der Waals surface area contributed by atoms with Crippen molar-refractivity contribution in [3.8, 4) is 0 Å². The van der Waals surface area contributed by atoms with Gasteiger partial charge in [0.1, 0.15) is 12.2 Å². The molecule has 4 nitrogen and oxygen atoms in total. The first-order valence-electron chi connectivity index (χ1n) is 5.44. The summed E-state index contributed by atoms with van der Waals surface area (Å²) in [6, 6.07) is 0.670. The zero-order valence-electron chi connectivity index (χ0n) is 8.32. The molecule has 76 valence electrons. The number of nitrogens with two attached hydrogens (primary N) is 1. The number of hydrogen-bond donors (Lipinski definition) is 1. The lowest BCUT2D eigenvalue weighted by Gasteiger charge is -2.37. The van der Waals surface area contributed by atoms with Crippen LogP contribution in [0.25, 0.3) is 0 Å². The standard InChI is InChI=1S/C10H16N4/c11-10(4-1-5-10)6-9-13-12-7-14(9)8-2-3-8/h7-8H,1-6,11H2. The normalized spacial score (nSPS) is 24.6. The molecule has 0 unspecified atom stereocenters. The number of hydrogen-bond acceptors (Lipinski definition) is 3. The van der Waals surface area contributed by atoms with Gasteiger partial charge < -0.3 is 10.3 Å². The molecule has 1 aromatic rings. The maximum absolute atomic E-state index is 6.20. The first kappa shape index (κ1) is 8.41. The van der Waals surface area contributed by atoms with Crippen LogP contribution in [0, 0.1) is 0 Å². The number of nitrogens with zero attached hydrogens (tertiary/aromatic N) is 3. The van der Waals surface area contributed by atoms with Gasteiger partial charge in [0.15, 0.2) is 0 Å². The summed E-state index contributed by atoms with van der Waals surface area (Å²) in [7, 11) is 0. The molecule has 0 aromatic carbocycles. The van der Waals surface area contributed by atoms with Gasteiger partial charge in [0.25, 0.3) is 0 Å². The van der Waals surface area contributed by atoms with Crippen molar-refractivity contribution >= 4 is 0 Å². The Morgan fingerprint density at radius 1 is 1.50 bits per heavy atom. The second-order valence-electron chi connectivity index (χ2n) is 4.78. The van der Waals surface area contributed by atoms with Crippen LogP contribution in [0.1, 0.15) is 44.0 Å². The van der Waals surface area contributed by atoms with Gasteiger partial charge in [0.05, 0.1) is 0 Å². The second-order valence-corrected chi connectivity index (χ2v) is 4.78. The Hall–Kier alpha value is -0.900. The van der Waals surface area contributed by atoms with Gasteiger partial charge in [-0.2, -0.15) is 0 Å².